The van der Waals surface area contributed by atoms with Crippen LogP contribution in [0.2, 0.25) is 0 Å². The van der Waals surface area contributed by atoms with Gasteiger partial charge in [0.25, 0.3) is 0 Å². The van der Waals surface area contributed by atoms with Gasteiger partial charge in [0, 0.05) is 11.5 Å². The molecular formula is C6H12O4S2. The van der Waals surface area contributed by atoms with Crippen molar-refractivity contribution in [2.45, 2.75) is 12.8 Å². The smallest absolute Gasteiger partial charge is 0.304 e. The van der Waals surface area contributed by atoms with Crippen LogP contribution in [-0.2, 0) is 9.59 Å². The molecule has 0 aliphatic rings. The molecule has 0 bridgehead atoms. The molecule has 2 N–H and O–H groups in total. The van der Waals surface area contributed by atoms with Crippen molar-refractivity contribution in [3.63, 3.8) is 0 Å². The van der Waals surface area contributed by atoms with E-state index in [4.69, 9.17) is 10.2 Å². The molecule has 72 valence electrons. The summed E-state index contributed by atoms with van der Waals surface area (Å²) in [5, 5.41) is 15.7. The zero-order valence-electron chi connectivity index (χ0n) is 6.43. The Bertz CT molecular complexity index is 122. The lowest BCUT2D eigenvalue weighted by Gasteiger charge is -1.79. The Morgan fingerprint density at radius 3 is 1.17 bits per heavy atom. The second kappa shape index (κ2) is 10.6. The van der Waals surface area contributed by atoms with Gasteiger partial charge in [0.15, 0.2) is 0 Å². The first-order chi connectivity index (χ1) is 5.54. The van der Waals surface area contributed by atoms with E-state index in [9.17, 15) is 9.59 Å². The molecule has 0 aromatic carbocycles. The summed E-state index contributed by atoms with van der Waals surface area (Å²) in [6.07, 6.45) is 0.312. The average Bonchev–Trinajstić information content (AvgIpc) is 1.87. The number of aliphatic carboxylic acids is 2. The van der Waals surface area contributed by atoms with E-state index in [1.165, 1.54) is 0 Å². The second-order valence-electron chi connectivity index (χ2n) is 1.73. The van der Waals surface area contributed by atoms with Gasteiger partial charge in [-0.25, -0.2) is 0 Å². The highest BCUT2D eigenvalue weighted by Crippen LogP contribution is 1.80. The molecule has 0 heterocycles. The van der Waals surface area contributed by atoms with Gasteiger partial charge >= 0.3 is 11.9 Å². The highest BCUT2D eigenvalue weighted by atomic mass is 32.1. The minimum absolute atomic E-state index is 0.156. The predicted octanol–water partition coefficient (Wildman–Crippen LogP) is 0.782. The molecule has 0 aromatic rings. The van der Waals surface area contributed by atoms with E-state index in [0.29, 0.717) is 11.5 Å². The maximum Gasteiger partial charge on any atom is 0.304 e. The van der Waals surface area contributed by atoms with Crippen molar-refractivity contribution in [1.29, 1.82) is 0 Å². The van der Waals surface area contributed by atoms with Gasteiger partial charge in [-0.05, 0) is 0 Å². The highest BCUT2D eigenvalue weighted by molar-refractivity contribution is 7.80. The summed E-state index contributed by atoms with van der Waals surface area (Å²) in [6, 6.07) is 0. The number of carboxylic acids is 2. The third-order valence-electron chi connectivity index (χ3n) is 0.651. The number of thiol groups is 2. The fraction of sp³-hybridized carbons (Fsp3) is 0.667. The summed E-state index contributed by atoms with van der Waals surface area (Å²) >= 11 is 7.36. The van der Waals surface area contributed by atoms with Gasteiger partial charge < -0.3 is 10.2 Å². The normalized spacial score (nSPS) is 8.17. The molecule has 4 nitrogen and oxygen atoms in total. The fourth-order valence-corrected chi connectivity index (χ4v) is 0.574. The molecule has 0 fully saturated rings. The molecule has 6 heteroatoms. The lowest BCUT2D eigenvalue weighted by Crippen LogP contribution is -1.93. The monoisotopic (exact) mass is 212 g/mol. The maximum absolute atomic E-state index is 9.55. The summed E-state index contributed by atoms with van der Waals surface area (Å²) < 4.78 is 0. The van der Waals surface area contributed by atoms with Crippen molar-refractivity contribution >= 4 is 37.2 Å². The molecule has 0 aliphatic heterocycles. The standard InChI is InChI=1S/2C3H6O2S/c2*4-3(5)1-2-6/h2*6H,1-2H2,(H,4,5). The Balaban J connectivity index is 0. The summed E-state index contributed by atoms with van der Waals surface area (Å²) in [4.78, 5) is 19.1. The van der Waals surface area contributed by atoms with Crippen LogP contribution >= 0.6 is 25.3 Å². The molecule has 0 aliphatic carbocycles. The van der Waals surface area contributed by atoms with Gasteiger partial charge in [-0.15, -0.1) is 0 Å². The van der Waals surface area contributed by atoms with Crippen LogP contribution in [0.3, 0.4) is 0 Å². The zero-order valence-corrected chi connectivity index (χ0v) is 8.22. The highest BCUT2D eigenvalue weighted by Gasteiger charge is 1.88. The quantitative estimate of drug-likeness (QED) is 0.520. The molecule has 0 amide bonds. The molecule has 0 saturated carbocycles. The average molecular weight is 212 g/mol. The Morgan fingerprint density at radius 2 is 1.17 bits per heavy atom. The van der Waals surface area contributed by atoms with Crippen molar-refractivity contribution in [2.75, 3.05) is 11.5 Å². The largest absolute Gasteiger partial charge is 0.481 e. The van der Waals surface area contributed by atoms with Crippen molar-refractivity contribution in [3.05, 3.63) is 0 Å². The first-order valence-corrected chi connectivity index (χ1v) is 4.46. The van der Waals surface area contributed by atoms with Crippen LogP contribution in [0, 0.1) is 0 Å². The van der Waals surface area contributed by atoms with E-state index in [2.05, 4.69) is 25.3 Å². The van der Waals surface area contributed by atoms with E-state index >= 15 is 0 Å². The zero-order chi connectivity index (χ0) is 9.98. The molecule has 0 rings (SSSR count). The number of carbonyl (C=O) groups is 2. The first-order valence-electron chi connectivity index (χ1n) is 3.20. The van der Waals surface area contributed by atoms with E-state index in [1.54, 1.807) is 0 Å². The van der Waals surface area contributed by atoms with Crippen LogP contribution in [0.5, 0.6) is 0 Å². The predicted molar refractivity (Wildman–Crippen MR) is 52.2 cm³/mol. The van der Waals surface area contributed by atoms with Crippen LogP contribution in [-0.4, -0.2) is 33.7 Å². The van der Waals surface area contributed by atoms with Crippen molar-refractivity contribution in [2.24, 2.45) is 0 Å². The summed E-state index contributed by atoms with van der Waals surface area (Å²) in [5.41, 5.74) is 0. The van der Waals surface area contributed by atoms with E-state index < -0.39 is 11.9 Å². The van der Waals surface area contributed by atoms with Crippen molar-refractivity contribution < 1.29 is 19.8 Å². The summed E-state index contributed by atoms with van der Waals surface area (Å²) in [7, 11) is 0. The number of hydrogen-bond acceptors (Lipinski definition) is 4. The SMILES string of the molecule is O=C(O)CCS.O=C(O)CCS. The van der Waals surface area contributed by atoms with Crippen LogP contribution in [0.15, 0.2) is 0 Å². The van der Waals surface area contributed by atoms with Crippen LogP contribution < -0.4 is 0 Å². The molecule has 12 heavy (non-hydrogen) atoms. The Hall–Kier alpha value is -0.360. The summed E-state index contributed by atoms with van der Waals surface area (Å²) in [5.74, 6) is -0.722. The Morgan fingerprint density at radius 1 is 0.917 bits per heavy atom. The third kappa shape index (κ3) is 22.6. The van der Waals surface area contributed by atoms with Gasteiger partial charge in [-0.2, -0.15) is 25.3 Å². The van der Waals surface area contributed by atoms with Crippen molar-refractivity contribution in [1.82, 2.24) is 0 Å². The lowest BCUT2D eigenvalue weighted by atomic mass is 10.5. The molecule has 0 radical (unpaired) electrons. The van der Waals surface area contributed by atoms with Gasteiger partial charge in [-0.1, -0.05) is 0 Å². The van der Waals surface area contributed by atoms with E-state index in [0.717, 1.165) is 0 Å². The van der Waals surface area contributed by atoms with E-state index in [1.807, 2.05) is 0 Å². The number of hydrogen-bond donors (Lipinski definition) is 4. The minimum Gasteiger partial charge on any atom is -0.481 e. The van der Waals surface area contributed by atoms with Crippen LogP contribution in [0.1, 0.15) is 12.8 Å². The van der Waals surface area contributed by atoms with Gasteiger partial charge in [0.2, 0.25) is 0 Å². The van der Waals surface area contributed by atoms with Gasteiger partial charge in [0.05, 0.1) is 12.8 Å². The minimum atomic E-state index is -0.787. The molecule has 0 spiro atoms. The van der Waals surface area contributed by atoms with Crippen LogP contribution in [0.25, 0.3) is 0 Å². The first kappa shape index (κ1) is 14.2. The number of rotatable bonds is 4. The second-order valence-corrected chi connectivity index (χ2v) is 2.63. The van der Waals surface area contributed by atoms with Crippen molar-refractivity contribution in [3.8, 4) is 0 Å². The lowest BCUT2D eigenvalue weighted by molar-refractivity contribution is -0.137. The fourth-order valence-electron chi connectivity index (χ4n) is 0.191. The Labute approximate surface area is 81.8 Å². The van der Waals surface area contributed by atoms with Crippen LogP contribution in [0.4, 0.5) is 0 Å². The van der Waals surface area contributed by atoms with Gasteiger partial charge in [0.1, 0.15) is 0 Å². The molecule has 0 saturated heterocycles. The number of carboxylic acid groups (broad SMARTS) is 2. The maximum atomic E-state index is 9.55. The summed E-state index contributed by atoms with van der Waals surface area (Å²) in [6.45, 7) is 0. The Kier molecular flexibility index (Phi) is 12.6. The molecular weight excluding hydrogens is 200 g/mol. The van der Waals surface area contributed by atoms with Gasteiger partial charge in [-0.3, -0.25) is 9.59 Å². The van der Waals surface area contributed by atoms with E-state index in [-0.39, 0.29) is 12.8 Å². The topological polar surface area (TPSA) is 74.6 Å². The molecule has 0 aromatic heterocycles. The molecule has 0 unspecified atom stereocenters. The molecule has 0 atom stereocenters. The third-order valence-corrected chi connectivity index (χ3v) is 1.10.